The van der Waals surface area contributed by atoms with Crippen LogP contribution in [-0.2, 0) is 40.3 Å². The summed E-state index contributed by atoms with van der Waals surface area (Å²) in [7, 11) is 3.54. The Kier molecular flexibility index (Phi) is 9.47. The van der Waals surface area contributed by atoms with Crippen molar-refractivity contribution >= 4 is 45.7 Å². The minimum atomic E-state index is -0.574. The molecule has 0 aliphatic heterocycles. The van der Waals surface area contributed by atoms with Crippen LogP contribution in [0.2, 0.25) is 0 Å². The van der Waals surface area contributed by atoms with E-state index in [2.05, 4.69) is 20.2 Å². The van der Waals surface area contributed by atoms with E-state index >= 15 is 0 Å². The van der Waals surface area contributed by atoms with Gasteiger partial charge in [0.15, 0.2) is 0 Å². The van der Waals surface area contributed by atoms with Gasteiger partial charge in [-0.2, -0.15) is 20.2 Å². The van der Waals surface area contributed by atoms with Gasteiger partial charge in [0.05, 0.1) is 33.5 Å². The number of aromatic nitrogens is 8. The van der Waals surface area contributed by atoms with Crippen LogP contribution in [0.3, 0.4) is 0 Å². The number of aryl methyl sites for hydroxylation is 6. The Balaban J connectivity index is 1.43. The topological polar surface area (TPSA) is 200 Å². The van der Waals surface area contributed by atoms with Gasteiger partial charge < -0.3 is 29.7 Å². The lowest BCUT2D eigenvalue weighted by molar-refractivity contribution is 0.0977. The molecule has 4 amide bonds. The zero-order chi connectivity index (χ0) is 37.4. The average Bonchev–Trinajstić information content (AvgIpc) is 3.84. The lowest BCUT2D eigenvalue weighted by Crippen LogP contribution is -2.27. The van der Waals surface area contributed by atoms with E-state index in [4.69, 9.17) is 11.5 Å². The van der Waals surface area contributed by atoms with E-state index in [0.717, 1.165) is 11.0 Å². The minimum Gasteiger partial charge on any atom is -0.366 e. The van der Waals surface area contributed by atoms with Crippen molar-refractivity contribution in [1.82, 2.24) is 37.8 Å². The predicted molar refractivity (Wildman–Crippen MR) is 193 cm³/mol. The fraction of sp³-hybridized carbons (Fsp3) is 0.278. The van der Waals surface area contributed by atoms with Gasteiger partial charge in [-0.1, -0.05) is 12.2 Å². The number of carbonyl (C=O) groups excluding carboxylic acids is 4. The minimum absolute atomic E-state index is 0.295. The van der Waals surface area contributed by atoms with Crippen LogP contribution in [0.15, 0.2) is 70.7 Å². The van der Waals surface area contributed by atoms with Crippen LogP contribution in [0, 0.1) is 13.8 Å². The fourth-order valence-electron chi connectivity index (χ4n) is 6.34. The van der Waals surface area contributed by atoms with Gasteiger partial charge in [0.2, 0.25) is 23.1 Å². The summed E-state index contributed by atoms with van der Waals surface area (Å²) in [4.78, 5) is 60.2. The third kappa shape index (κ3) is 6.41. The van der Waals surface area contributed by atoms with Gasteiger partial charge in [-0.15, -0.1) is 0 Å². The first-order chi connectivity index (χ1) is 24.8. The second-order valence-corrected chi connectivity index (χ2v) is 12.4. The number of nitrogens with two attached hydrogens (primary N) is 2. The molecule has 0 atom stereocenters. The van der Waals surface area contributed by atoms with E-state index in [-0.39, 0.29) is 0 Å². The first-order valence-electron chi connectivity index (χ1n) is 16.7. The number of allylic oxidation sites excluding steroid dienone is 2. The molecular formula is C36H40N12O4. The van der Waals surface area contributed by atoms with Crippen LogP contribution in [0.1, 0.15) is 66.9 Å². The van der Waals surface area contributed by atoms with Gasteiger partial charge in [0, 0.05) is 51.4 Å². The molecule has 268 valence electrons. The van der Waals surface area contributed by atoms with Gasteiger partial charge in [0.1, 0.15) is 11.4 Å². The Labute approximate surface area is 297 Å². The molecule has 4 heterocycles. The summed E-state index contributed by atoms with van der Waals surface area (Å²) in [6.45, 7) is 9.02. The van der Waals surface area contributed by atoms with Crippen molar-refractivity contribution in [3.63, 3.8) is 0 Å². The van der Waals surface area contributed by atoms with Crippen molar-refractivity contribution in [2.24, 2.45) is 35.5 Å². The Morgan fingerprint density at radius 1 is 0.635 bits per heavy atom. The maximum Gasteiger partial charge on any atom is 0.298 e. The molecule has 4 N–H and O–H groups in total. The van der Waals surface area contributed by atoms with Crippen molar-refractivity contribution in [1.29, 1.82) is 0 Å². The second kappa shape index (κ2) is 14.0. The molecule has 52 heavy (non-hydrogen) atoms. The number of carbonyl (C=O) groups is 4. The van der Waals surface area contributed by atoms with Crippen LogP contribution in [-0.4, -0.2) is 61.5 Å². The highest BCUT2D eigenvalue weighted by atomic mass is 16.2. The number of benzene rings is 2. The quantitative estimate of drug-likeness (QED) is 0.205. The smallest absolute Gasteiger partial charge is 0.298 e. The highest BCUT2D eigenvalue weighted by Crippen LogP contribution is 2.18. The first-order valence-corrected chi connectivity index (χ1v) is 16.7. The number of primary amides is 2. The lowest BCUT2D eigenvalue weighted by atomic mass is 10.2. The maximum absolute atomic E-state index is 13.5. The van der Waals surface area contributed by atoms with Gasteiger partial charge >= 0.3 is 0 Å². The average molecular weight is 705 g/mol. The van der Waals surface area contributed by atoms with Crippen LogP contribution < -0.4 is 22.7 Å². The summed E-state index contributed by atoms with van der Waals surface area (Å²) in [6.07, 6.45) is 3.83. The third-order valence-electron chi connectivity index (χ3n) is 8.89. The molecule has 0 saturated heterocycles. The molecule has 2 aromatic carbocycles. The molecule has 6 rings (SSSR count). The van der Waals surface area contributed by atoms with Gasteiger partial charge in [-0.05, 0) is 76.2 Å². The molecule has 0 aliphatic rings. The largest absolute Gasteiger partial charge is 0.366 e. The van der Waals surface area contributed by atoms with Gasteiger partial charge in [-0.3, -0.25) is 28.5 Å². The summed E-state index contributed by atoms with van der Waals surface area (Å²) < 4.78 is 10.4. The van der Waals surface area contributed by atoms with Crippen molar-refractivity contribution in [2.45, 2.75) is 53.9 Å². The maximum atomic E-state index is 13.5. The number of hydrogen-bond donors (Lipinski definition) is 2. The fourth-order valence-corrected chi connectivity index (χ4v) is 6.34. The Morgan fingerprint density at radius 2 is 1.02 bits per heavy atom. The molecule has 16 heteroatoms. The molecule has 0 radical (unpaired) electrons. The number of hydrogen-bond acceptors (Lipinski definition) is 6. The number of rotatable bonds is 10. The SMILES string of the molecule is CCn1nc(C)cc1C(=O)/N=c1\n(C)c2cc(C(N)=O)ccc2n1C/C=C/Cn1/c(=N/C(=O)c2cc(C)nn2CC)n(C)c2cc(C(N)=O)ccc21. The third-order valence-corrected chi connectivity index (χ3v) is 8.89. The van der Waals surface area contributed by atoms with E-state index < -0.39 is 23.6 Å². The zero-order valence-corrected chi connectivity index (χ0v) is 29.9. The molecule has 16 nitrogen and oxygen atoms in total. The van der Waals surface area contributed by atoms with Crippen LogP contribution >= 0.6 is 0 Å². The molecule has 6 aromatic rings. The van der Waals surface area contributed by atoms with Crippen molar-refractivity contribution in [3.05, 3.63) is 106 Å². The second-order valence-electron chi connectivity index (χ2n) is 12.4. The first kappa shape index (κ1) is 35.3. The molecule has 4 aromatic heterocycles. The van der Waals surface area contributed by atoms with Crippen molar-refractivity contribution < 1.29 is 19.2 Å². The van der Waals surface area contributed by atoms with Crippen LogP contribution in [0.25, 0.3) is 22.1 Å². The summed E-state index contributed by atoms with van der Waals surface area (Å²) in [5.74, 6) is -2.07. The number of fused-ring (bicyclic) bond motifs is 2. The van der Waals surface area contributed by atoms with Crippen molar-refractivity contribution in [3.8, 4) is 0 Å². The van der Waals surface area contributed by atoms with E-state index in [1.807, 2.05) is 49.0 Å². The Morgan fingerprint density at radius 3 is 1.37 bits per heavy atom. The number of nitrogens with zero attached hydrogens (tertiary/aromatic N) is 10. The molecule has 0 bridgehead atoms. The monoisotopic (exact) mass is 704 g/mol. The molecule has 0 aliphatic carbocycles. The normalized spacial score (nSPS) is 12.6. The molecule has 0 saturated carbocycles. The molecule has 0 unspecified atom stereocenters. The van der Waals surface area contributed by atoms with Crippen molar-refractivity contribution in [2.75, 3.05) is 0 Å². The Bertz CT molecular complexity index is 2420. The molecule has 0 fully saturated rings. The lowest BCUT2D eigenvalue weighted by Gasteiger charge is -2.04. The summed E-state index contributed by atoms with van der Waals surface area (Å²) in [5, 5.41) is 8.78. The van der Waals surface area contributed by atoms with Crippen LogP contribution in [0.5, 0.6) is 0 Å². The van der Waals surface area contributed by atoms with E-state index in [0.29, 0.717) is 82.4 Å². The zero-order valence-electron chi connectivity index (χ0n) is 29.9. The van der Waals surface area contributed by atoms with Gasteiger partial charge in [-0.25, -0.2) is 0 Å². The summed E-state index contributed by atoms with van der Waals surface area (Å²) >= 11 is 0. The molecular weight excluding hydrogens is 664 g/mol. The standard InChI is InChI=1S/C36H40N12O4/c1-7-47-29(17-21(3)41-47)33(51)39-35-43(5)27-19-23(31(37)49)11-13-25(27)45(35)15-9-10-16-46-26-14-12-24(32(38)50)20-28(26)44(6)36(46)40-34(52)30-18-22(4)42-48(30)8-2/h9-14,17-20H,7-8,15-16H2,1-6H3,(H2,37,49)(H2,38,50)/b10-9+,39-35+,40-36+. The van der Waals surface area contributed by atoms with E-state index in [9.17, 15) is 19.2 Å². The number of imidazole rings is 2. The van der Waals surface area contributed by atoms with Crippen LogP contribution in [0.4, 0.5) is 0 Å². The summed E-state index contributed by atoms with van der Waals surface area (Å²) in [5.41, 5.74) is 17.4. The highest BCUT2D eigenvalue weighted by Gasteiger charge is 2.18. The van der Waals surface area contributed by atoms with Gasteiger partial charge in [0.25, 0.3) is 11.8 Å². The summed E-state index contributed by atoms with van der Waals surface area (Å²) in [6, 6.07) is 13.6. The highest BCUT2D eigenvalue weighted by molar-refractivity contribution is 5.98. The Hall–Kier alpha value is -6.58. The number of amides is 4. The molecule has 0 spiro atoms. The van der Waals surface area contributed by atoms with E-state index in [1.165, 1.54) is 0 Å². The van der Waals surface area contributed by atoms with E-state index in [1.54, 1.807) is 81.1 Å². The predicted octanol–water partition coefficient (Wildman–Crippen LogP) is 2.26.